The summed E-state index contributed by atoms with van der Waals surface area (Å²) in [6, 6.07) is 6.61. The molecule has 1 N–H and O–H groups in total. The fourth-order valence-corrected chi connectivity index (χ4v) is 4.56. The molecule has 1 aliphatic heterocycles. The fraction of sp³-hybridized carbons (Fsp3) is 0.381. The van der Waals surface area contributed by atoms with E-state index in [9.17, 15) is 31.2 Å². The summed E-state index contributed by atoms with van der Waals surface area (Å²) < 4.78 is 61.5. The van der Waals surface area contributed by atoms with Crippen molar-refractivity contribution < 1.29 is 31.2 Å². The largest absolute Gasteiger partial charge is 0.501 e. The first-order valence-corrected chi connectivity index (χ1v) is 11.6. The Morgan fingerprint density at radius 3 is 2.30 bits per heavy atom. The summed E-state index contributed by atoms with van der Waals surface area (Å²) in [5, 5.41) is 3.17. The second-order valence-electron chi connectivity index (χ2n) is 8.33. The number of aromatic nitrogens is 1. The average molecular weight is 482 g/mol. The molecule has 8 nitrogen and oxygen atoms in total. The molecule has 1 saturated heterocycles. The topological polar surface area (TPSA) is 99.7 Å². The molecule has 33 heavy (non-hydrogen) atoms. The van der Waals surface area contributed by atoms with E-state index < -0.39 is 37.7 Å². The Balaban J connectivity index is 1.60. The van der Waals surface area contributed by atoms with E-state index in [4.69, 9.17) is 0 Å². The van der Waals surface area contributed by atoms with Gasteiger partial charge in [-0.15, -0.1) is 0 Å². The van der Waals surface area contributed by atoms with E-state index in [0.29, 0.717) is 18.7 Å². The number of hydrogen-bond donors (Lipinski definition) is 1. The molecule has 1 saturated carbocycles. The number of anilines is 2. The Morgan fingerprint density at radius 2 is 1.76 bits per heavy atom. The molecule has 1 aliphatic carbocycles. The number of alkyl halides is 3. The lowest BCUT2D eigenvalue weighted by molar-refractivity contribution is -0.120. The molecule has 2 fully saturated rings. The number of benzene rings is 1. The van der Waals surface area contributed by atoms with Crippen LogP contribution in [0.2, 0.25) is 0 Å². The molecule has 176 valence electrons. The molecule has 2 heterocycles. The zero-order valence-corrected chi connectivity index (χ0v) is 18.6. The Kier molecular flexibility index (Phi) is 5.38. The highest BCUT2D eigenvalue weighted by atomic mass is 32.2. The maximum Gasteiger partial charge on any atom is 0.501 e. The van der Waals surface area contributed by atoms with Crippen LogP contribution in [0.25, 0.3) is 0 Å². The van der Waals surface area contributed by atoms with Crippen LogP contribution in [0.4, 0.5) is 29.5 Å². The number of halogens is 3. The van der Waals surface area contributed by atoms with Crippen molar-refractivity contribution >= 4 is 33.3 Å². The van der Waals surface area contributed by atoms with E-state index in [0.717, 1.165) is 34.7 Å². The second-order valence-corrected chi connectivity index (χ2v) is 10.3. The summed E-state index contributed by atoms with van der Waals surface area (Å²) >= 11 is 0. The number of hydrogen-bond acceptors (Lipinski definition) is 6. The number of amides is 3. The van der Waals surface area contributed by atoms with Gasteiger partial charge in [0.25, 0.3) is 15.7 Å². The van der Waals surface area contributed by atoms with E-state index in [1.54, 1.807) is 18.3 Å². The van der Waals surface area contributed by atoms with Gasteiger partial charge in [-0.3, -0.25) is 4.79 Å². The Morgan fingerprint density at radius 1 is 1.12 bits per heavy atom. The minimum absolute atomic E-state index is 0.0109. The third-order valence-electron chi connectivity index (χ3n) is 5.58. The normalized spacial score (nSPS) is 17.9. The number of nitrogens with zero attached hydrogens (tertiary/aromatic N) is 3. The zero-order chi connectivity index (χ0) is 24.2. The summed E-state index contributed by atoms with van der Waals surface area (Å²) in [5.74, 6) is 0.150. The van der Waals surface area contributed by atoms with Crippen molar-refractivity contribution in [3.8, 4) is 0 Å². The first kappa shape index (κ1) is 23.0. The fourth-order valence-electron chi connectivity index (χ4n) is 3.80. The molecule has 0 bridgehead atoms. The molecule has 0 radical (unpaired) electrons. The second kappa shape index (κ2) is 7.72. The maximum atomic E-state index is 13.2. The molecule has 1 spiro atoms. The molecular formula is C21H21F3N4O4S. The van der Waals surface area contributed by atoms with Gasteiger partial charge in [0.2, 0.25) is 0 Å². The van der Waals surface area contributed by atoms with Crippen LogP contribution in [-0.2, 0) is 21.2 Å². The Labute approximate surface area is 188 Å². The molecule has 12 heteroatoms. The lowest BCUT2D eigenvalue weighted by atomic mass is 10.2. The first-order valence-electron chi connectivity index (χ1n) is 10.2. The minimum atomic E-state index is -5.53. The number of rotatable bonds is 6. The molecule has 2 aromatic rings. The van der Waals surface area contributed by atoms with Crippen LogP contribution in [0.5, 0.6) is 0 Å². The number of nitrogens with one attached hydrogen (secondary N) is 1. The highest BCUT2D eigenvalue weighted by Crippen LogP contribution is 2.49. The van der Waals surface area contributed by atoms with Crippen LogP contribution in [-0.4, -0.2) is 47.3 Å². The highest BCUT2D eigenvalue weighted by molar-refractivity contribution is 7.92. The van der Waals surface area contributed by atoms with E-state index in [1.807, 2.05) is 13.8 Å². The number of urea groups is 1. The Bertz CT molecular complexity index is 1210. The van der Waals surface area contributed by atoms with E-state index in [1.165, 1.54) is 4.90 Å². The van der Waals surface area contributed by atoms with Crippen molar-refractivity contribution in [1.29, 1.82) is 0 Å². The highest BCUT2D eigenvalue weighted by Gasteiger charge is 2.65. The van der Waals surface area contributed by atoms with Gasteiger partial charge in [-0.25, -0.2) is 23.1 Å². The SMILES string of the molecule is CC(C)Nc1cc(CN2C(=O)N(c3ccc(S(=O)(=O)C(F)(F)F)cc3)C(=O)C23CC3)ccn1. The third-order valence-corrected chi connectivity index (χ3v) is 7.08. The predicted molar refractivity (Wildman–Crippen MR) is 113 cm³/mol. The molecule has 3 amide bonds. The number of pyridine rings is 1. The summed E-state index contributed by atoms with van der Waals surface area (Å²) in [6.45, 7) is 4.07. The van der Waals surface area contributed by atoms with Crippen LogP contribution in [0, 0.1) is 0 Å². The van der Waals surface area contributed by atoms with Gasteiger partial charge in [-0.2, -0.15) is 13.2 Å². The predicted octanol–water partition coefficient (Wildman–Crippen LogP) is 3.70. The summed E-state index contributed by atoms with van der Waals surface area (Å²) in [6.07, 6.45) is 2.53. The standard InChI is InChI=1S/C21H21F3N4O4S/c1-13(2)26-17-11-14(7-10-25-17)12-27-19(30)28(18(29)20(27)8-9-20)15-3-5-16(6-4-15)33(31,32)21(22,23)24/h3-7,10-11,13H,8-9,12H2,1-2H3,(H,25,26). The van der Waals surface area contributed by atoms with Gasteiger partial charge in [0, 0.05) is 18.8 Å². The van der Waals surface area contributed by atoms with Crippen molar-refractivity contribution in [1.82, 2.24) is 9.88 Å². The zero-order valence-electron chi connectivity index (χ0n) is 17.8. The quantitative estimate of drug-likeness (QED) is 0.631. The molecule has 0 unspecified atom stereocenters. The van der Waals surface area contributed by atoms with Crippen LogP contribution < -0.4 is 10.2 Å². The van der Waals surface area contributed by atoms with Crippen molar-refractivity contribution in [2.24, 2.45) is 0 Å². The number of carbonyl (C=O) groups is 2. The number of carbonyl (C=O) groups excluding carboxylic acids is 2. The lowest BCUT2D eigenvalue weighted by Crippen LogP contribution is -2.36. The molecular weight excluding hydrogens is 461 g/mol. The van der Waals surface area contributed by atoms with E-state index in [2.05, 4.69) is 10.3 Å². The van der Waals surface area contributed by atoms with Gasteiger partial charge in [0.1, 0.15) is 11.4 Å². The van der Waals surface area contributed by atoms with Crippen LogP contribution in [0.3, 0.4) is 0 Å². The average Bonchev–Trinajstić information content (AvgIpc) is 3.50. The van der Waals surface area contributed by atoms with Gasteiger partial charge in [-0.05, 0) is 68.7 Å². The van der Waals surface area contributed by atoms with Gasteiger partial charge in [0.05, 0.1) is 10.6 Å². The Hall–Kier alpha value is -3.15. The van der Waals surface area contributed by atoms with Crippen LogP contribution >= 0.6 is 0 Å². The van der Waals surface area contributed by atoms with Crippen molar-refractivity contribution in [3.05, 3.63) is 48.2 Å². The molecule has 0 atom stereocenters. The lowest BCUT2D eigenvalue weighted by Gasteiger charge is -2.21. The van der Waals surface area contributed by atoms with Gasteiger partial charge in [-0.1, -0.05) is 0 Å². The molecule has 1 aromatic heterocycles. The van der Waals surface area contributed by atoms with Crippen LogP contribution in [0.15, 0.2) is 47.5 Å². The molecule has 2 aliphatic rings. The summed E-state index contributed by atoms with van der Waals surface area (Å²) in [4.78, 5) is 31.9. The smallest absolute Gasteiger partial charge is 0.368 e. The van der Waals surface area contributed by atoms with Crippen molar-refractivity contribution in [2.75, 3.05) is 10.2 Å². The molecule has 4 rings (SSSR count). The van der Waals surface area contributed by atoms with Crippen molar-refractivity contribution in [2.45, 2.75) is 55.2 Å². The van der Waals surface area contributed by atoms with Gasteiger partial charge >= 0.3 is 11.5 Å². The number of sulfone groups is 1. The van der Waals surface area contributed by atoms with E-state index >= 15 is 0 Å². The summed E-state index contributed by atoms with van der Waals surface area (Å²) in [5.41, 5.74) is -5.68. The maximum absolute atomic E-state index is 13.2. The van der Waals surface area contributed by atoms with Gasteiger partial charge in [0.15, 0.2) is 0 Å². The first-order chi connectivity index (χ1) is 15.4. The van der Waals surface area contributed by atoms with E-state index in [-0.39, 0.29) is 18.3 Å². The monoisotopic (exact) mass is 482 g/mol. The minimum Gasteiger partial charge on any atom is -0.368 e. The molecule has 1 aromatic carbocycles. The number of imide groups is 1. The van der Waals surface area contributed by atoms with Crippen molar-refractivity contribution in [3.63, 3.8) is 0 Å². The van der Waals surface area contributed by atoms with Crippen LogP contribution in [0.1, 0.15) is 32.3 Å². The summed E-state index contributed by atoms with van der Waals surface area (Å²) in [7, 11) is -5.53. The third kappa shape index (κ3) is 3.92. The van der Waals surface area contributed by atoms with Gasteiger partial charge < -0.3 is 10.2 Å².